The van der Waals surface area contributed by atoms with Crippen molar-refractivity contribution in [2.24, 2.45) is 0 Å². The highest BCUT2D eigenvalue weighted by Crippen LogP contribution is 2.35. The summed E-state index contributed by atoms with van der Waals surface area (Å²) in [6.07, 6.45) is -5.57. The first-order valence-corrected chi connectivity index (χ1v) is 6.33. The smallest absolute Gasteiger partial charge is 0.236 e. The molecule has 7 heteroatoms. The van der Waals surface area contributed by atoms with Gasteiger partial charge < -0.3 is 0 Å². The highest BCUT2D eigenvalue weighted by Gasteiger charge is 2.31. The molecule has 1 heterocycles. The normalized spacial score (nSPS) is 12.1. The van der Waals surface area contributed by atoms with Crippen LogP contribution in [-0.2, 0) is 6.42 Å². The average molecular weight is 359 g/mol. The van der Waals surface area contributed by atoms with E-state index in [1.807, 2.05) is 0 Å². The van der Waals surface area contributed by atoms with E-state index in [0.717, 1.165) is 0 Å². The zero-order valence-electron chi connectivity index (χ0n) is 8.65. The van der Waals surface area contributed by atoms with E-state index in [2.05, 4.69) is 20.9 Å². The van der Waals surface area contributed by atoms with Gasteiger partial charge in [0.15, 0.2) is 0 Å². The highest BCUT2D eigenvalue weighted by atomic mass is 79.9. The Labute approximate surface area is 119 Å². The van der Waals surface area contributed by atoms with Crippen LogP contribution in [0.5, 0.6) is 0 Å². The van der Waals surface area contributed by atoms with Gasteiger partial charge in [-0.25, -0.2) is 4.98 Å². The minimum Gasteiger partial charge on any atom is -0.236 e. The van der Waals surface area contributed by atoms with Crippen molar-refractivity contribution in [2.45, 2.75) is 12.6 Å². The first-order valence-electron chi connectivity index (χ1n) is 4.78. The number of pyridine rings is 1. The lowest BCUT2D eigenvalue weighted by Crippen LogP contribution is -2.13. The standard InChI is InChI=1S/C11H5BrCl2F3N/c12-5-1-2-8-6(3-5)9(13)7(10(14)18-8)4-11(15,16)17/h1-3H,4H2. The Hall–Kier alpha value is -0.520. The molecule has 0 atom stereocenters. The molecule has 0 spiro atoms. The number of nitrogens with zero attached hydrogens (tertiary/aromatic N) is 1. The molecule has 96 valence electrons. The van der Waals surface area contributed by atoms with E-state index < -0.39 is 12.6 Å². The third-order valence-corrected chi connectivity index (χ3v) is 3.54. The van der Waals surface area contributed by atoms with Crippen molar-refractivity contribution in [3.05, 3.63) is 38.4 Å². The van der Waals surface area contributed by atoms with Gasteiger partial charge in [-0.3, -0.25) is 0 Å². The van der Waals surface area contributed by atoms with Gasteiger partial charge in [0.25, 0.3) is 0 Å². The molecule has 0 unspecified atom stereocenters. The Kier molecular flexibility index (Phi) is 3.76. The van der Waals surface area contributed by atoms with Crippen molar-refractivity contribution in [2.75, 3.05) is 0 Å². The summed E-state index contributed by atoms with van der Waals surface area (Å²) in [5.41, 5.74) is 0.260. The quantitative estimate of drug-likeness (QED) is 0.621. The van der Waals surface area contributed by atoms with Crippen molar-refractivity contribution in [3.63, 3.8) is 0 Å². The Morgan fingerprint density at radius 1 is 1.22 bits per heavy atom. The SMILES string of the molecule is FC(F)(F)Cc1c(Cl)nc2ccc(Br)cc2c1Cl. The fourth-order valence-electron chi connectivity index (χ4n) is 1.56. The van der Waals surface area contributed by atoms with Crippen LogP contribution in [0.1, 0.15) is 5.56 Å². The van der Waals surface area contributed by atoms with Crippen molar-refractivity contribution >= 4 is 50.0 Å². The molecule has 1 nitrogen and oxygen atoms in total. The summed E-state index contributed by atoms with van der Waals surface area (Å²) in [5.74, 6) is 0. The number of fused-ring (bicyclic) bond motifs is 1. The van der Waals surface area contributed by atoms with Crippen LogP contribution in [0.2, 0.25) is 10.2 Å². The number of rotatable bonds is 1. The van der Waals surface area contributed by atoms with E-state index in [0.29, 0.717) is 15.4 Å². The Balaban J connectivity index is 2.67. The Bertz CT molecular complexity index is 613. The number of halogens is 6. The van der Waals surface area contributed by atoms with Gasteiger partial charge in [-0.05, 0) is 18.2 Å². The molecular formula is C11H5BrCl2F3N. The number of hydrogen-bond acceptors (Lipinski definition) is 1. The molecule has 0 bridgehead atoms. The minimum absolute atomic E-state index is 0.0105. The van der Waals surface area contributed by atoms with Crippen LogP contribution in [0.3, 0.4) is 0 Å². The predicted octanol–water partition coefficient (Wildman–Crippen LogP) is 5.41. The van der Waals surface area contributed by atoms with Crippen molar-refractivity contribution in [1.29, 1.82) is 0 Å². The molecule has 0 aliphatic rings. The Morgan fingerprint density at radius 3 is 2.50 bits per heavy atom. The molecule has 2 rings (SSSR count). The molecule has 18 heavy (non-hydrogen) atoms. The summed E-state index contributed by atoms with van der Waals surface area (Å²) in [4.78, 5) is 3.92. The van der Waals surface area contributed by atoms with Crippen LogP contribution in [-0.4, -0.2) is 11.2 Å². The molecule has 0 radical (unpaired) electrons. The first-order chi connectivity index (χ1) is 8.28. The second-order valence-corrected chi connectivity index (χ2v) is 5.30. The molecule has 2 aromatic rings. The van der Waals surface area contributed by atoms with Crippen molar-refractivity contribution < 1.29 is 13.2 Å². The maximum atomic E-state index is 12.4. The third-order valence-electron chi connectivity index (χ3n) is 2.30. The molecule has 0 aliphatic carbocycles. The van der Waals surface area contributed by atoms with Crippen LogP contribution < -0.4 is 0 Å². The van der Waals surface area contributed by atoms with Crippen LogP contribution in [0.4, 0.5) is 13.2 Å². The maximum absolute atomic E-state index is 12.4. The monoisotopic (exact) mass is 357 g/mol. The fraction of sp³-hybridized carbons (Fsp3) is 0.182. The van der Waals surface area contributed by atoms with E-state index >= 15 is 0 Å². The number of benzene rings is 1. The molecular weight excluding hydrogens is 354 g/mol. The van der Waals surface area contributed by atoms with Crippen LogP contribution >= 0.6 is 39.1 Å². The lowest BCUT2D eigenvalue weighted by Gasteiger charge is -2.12. The second kappa shape index (κ2) is 4.87. The van der Waals surface area contributed by atoms with E-state index in [1.54, 1.807) is 18.2 Å². The van der Waals surface area contributed by atoms with E-state index in [1.165, 1.54) is 0 Å². The molecule has 0 fully saturated rings. The Morgan fingerprint density at radius 2 is 1.89 bits per heavy atom. The average Bonchev–Trinajstić information content (AvgIpc) is 2.24. The lowest BCUT2D eigenvalue weighted by atomic mass is 10.1. The first kappa shape index (κ1) is 13.9. The van der Waals surface area contributed by atoms with Gasteiger partial charge in [0, 0.05) is 15.4 Å². The lowest BCUT2D eigenvalue weighted by molar-refractivity contribution is -0.127. The summed E-state index contributed by atoms with van der Waals surface area (Å²) in [6, 6.07) is 4.96. The van der Waals surface area contributed by atoms with Crippen LogP contribution in [0.15, 0.2) is 22.7 Å². The van der Waals surface area contributed by atoms with Gasteiger partial charge in [-0.1, -0.05) is 39.1 Å². The molecule has 0 aliphatic heterocycles. The van der Waals surface area contributed by atoms with Gasteiger partial charge in [0.1, 0.15) is 5.15 Å². The topological polar surface area (TPSA) is 12.9 Å². The molecule has 1 aromatic heterocycles. The molecule has 0 amide bonds. The zero-order chi connectivity index (χ0) is 13.5. The zero-order valence-corrected chi connectivity index (χ0v) is 11.8. The van der Waals surface area contributed by atoms with Crippen molar-refractivity contribution in [1.82, 2.24) is 4.98 Å². The van der Waals surface area contributed by atoms with Gasteiger partial charge in [0.05, 0.1) is 17.0 Å². The van der Waals surface area contributed by atoms with E-state index in [4.69, 9.17) is 23.2 Å². The van der Waals surface area contributed by atoms with E-state index in [-0.39, 0.29) is 15.7 Å². The summed E-state index contributed by atoms with van der Waals surface area (Å²) in [5, 5.41) is 0.213. The third kappa shape index (κ3) is 2.90. The maximum Gasteiger partial charge on any atom is 0.393 e. The van der Waals surface area contributed by atoms with Gasteiger partial charge in [-0.2, -0.15) is 13.2 Å². The largest absolute Gasteiger partial charge is 0.393 e. The second-order valence-electron chi connectivity index (χ2n) is 3.65. The molecule has 0 N–H and O–H groups in total. The fourth-order valence-corrected chi connectivity index (χ4v) is 2.53. The number of hydrogen-bond donors (Lipinski definition) is 0. The van der Waals surface area contributed by atoms with Gasteiger partial charge in [-0.15, -0.1) is 0 Å². The molecule has 1 aromatic carbocycles. The summed E-state index contributed by atoms with van der Waals surface area (Å²) < 4.78 is 38.0. The minimum atomic E-state index is -4.38. The summed E-state index contributed by atoms with van der Waals surface area (Å²) in [6.45, 7) is 0. The van der Waals surface area contributed by atoms with Gasteiger partial charge in [0.2, 0.25) is 0 Å². The highest BCUT2D eigenvalue weighted by molar-refractivity contribution is 9.10. The summed E-state index contributed by atoms with van der Waals surface area (Å²) >= 11 is 15.0. The van der Waals surface area contributed by atoms with Crippen LogP contribution in [0, 0.1) is 0 Å². The molecule has 0 saturated heterocycles. The number of aromatic nitrogens is 1. The molecule has 0 saturated carbocycles. The number of alkyl halides is 3. The summed E-state index contributed by atoms with van der Waals surface area (Å²) in [7, 11) is 0. The predicted molar refractivity (Wildman–Crippen MR) is 69.2 cm³/mol. The van der Waals surface area contributed by atoms with E-state index in [9.17, 15) is 13.2 Å². The van der Waals surface area contributed by atoms with Crippen LogP contribution in [0.25, 0.3) is 10.9 Å². The van der Waals surface area contributed by atoms with Gasteiger partial charge >= 0.3 is 6.18 Å². The van der Waals surface area contributed by atoms with Crippen molar-refractivity contribution in [3.8, 4) is 0 Å².